The minimum Gasteiger partial charge on any atom is -0.682 e. The molecule has 1 saturated heterocycles. The van der Waals surface area contributed by atoms with Gasteiger partial charge in [-0.3, -0.25) is 4.79 Å². The molecule has 5 nitrogen and oxygen atoms in total. The maximum atomic E-state index is 11.4. The van der Waals surface area contributed by atoms with Gasteiger partial charge in [0.15, 0.2) is 6.29 Å². The third-order valence-corrected chi connectivity index (χ3v) is 7.82. The Morgan fingerprint density at radius 1 is 0.683 bits per heavy atom. The minimum absolute atomic E-state index is 0. The van der Waals surface area contributed by atoms with Crippen molar-refractivity contribution in [3.05, 3.63) is 107 Å². The van der Waals surface area contributed by atoms with E-state index in [9.17, 15) is 4.79 Å². The molecular weight excluding hydrogens is 948 g/mol. The van der Waals surface area contributed by atoms with E-state index in [1.165, 1.54) is 0 Å². The molecule has 2 aliphatic carbocycles. The van der Waals surface area contributed by atoms with Gasteiger partial charge < -0.3 is 20.1 Å². The number of carbonyl (C=O) groups is 1. The molecule has 0 amide bonds. The third kappa shape index (κ3) is 10.6. The second-order valence-electron chi connectivity index (χ2n) is 11.6. The van der Waals surface area contributed by atoms with E-state index in [0.29, 0.717) is 36.7 Å². The summed E-state index contributed by atoms with van der Waals surface area (Å²) in [5.41, 5.74) is 2.96. The summed E-state index contributed by atoms with van der Waals surface area (Å²) >= 11 is 0. The summed E-state index contributed by atoms with van der Waals surface area (Å²) in [5.74, 6) is 1.44. The van der Waals surface area contributed by atoms with Gasteiger partial charge >= 0.3 is 0 Å². The number of hydrogen-bond donors (Lipinski definition) is 0. The van der Waals surface area contributed by atoms with E-state index in [2.05, 4.69) is 43.4 Å². The summed E-state index contributed by atoms with van der Waals surface area (Å²) in [6, 6.07) is 30.9. The predicted octanol–water partition coefficient (Wildman–Crippen LogP) is 8.81. The summed E-state index contributed by atoms with van der Waals surface area (Å²) in [4.78, 5) is 11.4. The van der Waals surface area contributed by atoms with Crippen molar-refractivity contribution in [1.29, 1.82) is 0 Å². The van der Waals surface area contributed by atoms with E-state index in [1.807, 2.05) is 66.7 Å². The summed E-state index contributed by atoms with van der Waals surface area (Å²) < 4.78 is 12.4. The van der Waals surface area contributed by atoms with Crippen molar-refractivity contribution in [3.8, 4) is 0 Å². The second kappa shape index (κ2) is 17.1. The van der Waals surface area contributed by atoms with E-state index in [0.717, 1.165) is 49.0 Å². The Kier molecular flexibility index (Phi) is 14.6. The number of ether oxygens (including phenoxy) is 2. The van der Waals surface area contributed by atoms with Gasteiger partial charge in [-0.2, -0.15) is 0 Å². The molecule has 3 aromatic rings. The fourth-order valence-corrected chi connectivity index (χ4v) is 6.30. The van der Waals surface area contributed by atoms with Gasteiger partial charge in [-0.25, -0.2) is 0 Å². The maximum Gasteiger partial charge on any atom is 0.184 e. The van der Waals surface area contributed by atoms with Crippen LogP contribution in [0.4, 0.5) is 11.4 Å². The first-order valence-corrected chi connectivity index (χ1v) is 14.3. The molecule has 1 heterocycles. The van der Waals surface area contributed by atoms with Gasteiger partial charge in [0.05, 0.1) is 12.2 Å². The monoisotopic (exact) mass is 988 g/mol. The normalized spacial score (nSPS) is 28.8. The molecule has 1 aliphatic heterocycles. The maximum absolute atomic E-state index is 11.4. The summed E-state index contributed by atoms with van der Waals surface area (Å²) in [6.45, 7) is 5.09. The first-order valence-electron chi connectivity index (χ1n) is 14.3. The van der Waals surface area contributed by atoms with Crippen LogP contribution in [0, 0.1) is 91.7 Å². The number of Topliss-reactive ketones (excluding diaryl/α,β-unsaturated/α-hetero) is 1. The van der Waals surface area contributed by atoms with Crippen LogP contribution in [0.15, 0.2) is 91.0 Å². The largest absolute Gasteiger partial charge is 0.682 e. The molecule has 3 aromatic carbocycles. The molecule has 214 valence electrons. The molecule has 0 aromatic heterocycles. The Morgan fingerprint density at radius 2 is 1.22 bits per heavy atom. The van der Waals surface area contributed by atoms with Gasteiger partial charge in [0.2, 0.25) is 0 Å². The molecular formula is C34H40N2O3Th2-2. The van der Waals surface area contributed by atoms with Crippen molar-refractivity contribution in [1.82, 2.24) is 0 Å². The Labute approximate surface area is 309 Å². The van der Waals surface area contributed by atoms with Gasteiger partial charge in [-0.15, -0.1) is 23.5 Å². The number of nitrogens with zero attached hydrogens (tertiary/aromatic N) is 2. The van der Waals surface area contributed by atoms with Crippen molar-refractivity contribution in [3.63, 3.8) is 0 Å². The quantitative estimate of drug-likeness (QED) is 0.257. The van der Waals surface area contributed by atoms with Crippen LogP contribution >= 0.6 is 0 Å². The van der Waals surface area contributed by atoms with Gasteiger partial charge in [0.25, 0.3) is 0 Å². The zero-order valence-electron chi connectivity index (χ0n) is 24.1. The first-order chi connectivity index (χ1) is 19.0. The summed E-state index contributed by atoms with van der Waals surface area (Å²) in [7, 11) is 0. The zero-order chi connectivity index (χ0) is 27.1. The molecule has 0 bridgehead atoms. The molecule has 6 rings (SSSR count). The average Bonchev–Trinajstić information content (AvgIpc) is 3.32. The van der Waals surface area contributed by atoms with Crippen LogP contribution in [0.3, 0.4) is 0 Å². The van der Waals surface area contributed by atoms with Crippen LogP contribution in [-0.4, -0.2) is 30.1 Å². The Hall–Kier alpha value is -0.501. The molecule has 41 heavy (non-hydrogen) atoms. The number of carbonyl (C=O) groups excluding carboxylic acids is 1. The Balaban J connectivity index is 0.000000237. The van der Waals surface area contributed by atoms with Gasteiger partial charge in [-0.05, 0) is 31.1 Å². The molecule has 3 aliphatic rings. The van der Waals surface area contributed by atoms with Crippen molar-refractivity contribution in [2.24, 2.45) is 11.8 Å². The average molecular weight is 989 g/mol. The molecule has 6 atom stereocenters. The van der Waals surface area contributed by atoms with Crippen LogP contribution in [0.1, 0.15) is 64.2 Å². The van der Waals surface area contributed by atoms with Crippen LogP contribution in [0.2, 0.25) is 0 Å². The number of ketones is 1. The Bertz CT molecular complexity index is 1180. The molecule has 3 fully saturated rings. The van der Waals surface area contributed by atoms with Gasteiger partial charge in [-0.1, -0.05) is 118 Å². The van der Waals surface area contributed by atoms with Crippen LogP contribution in [-0.2, 0) is 14.3 Å². The number of benzene rings is 3. The van der Waals surface area contributed by atoms with Crippen LogP contribution in [0.25, 0.3) is 10.6 Å². The fraction of sp³-hybridized carbons (Fsp3) is 0.441. The van der Waals surface area contributed by atoms with Crippen LogP contribution < -0.4 is 0 Å². The van der Waals surface area contributed by atoms with E-state index in [-0.39, 0.29) is 97.8 Å². The Morgan fingerprint density at radius 3 is 1.80 bits per heavy atom. The van der Waals surface area contributed by atoms with E-state index >= 15 is 0 Å². The van der Waals surface area contributed by atoms with E-state index in [1.54, 1.807) is 0 Å². The SMILES string of the molecule is C[C@@H]1CC(=O)C[C@@H]([N-]c2ccccc2)C1.C[C@H]1C[C@H]([N-]c2ccccc2)C[C@@]2(COC(c3ccccc3)O2)C1.[Th].[Th]. The standard InChI is InChI=1S/C21H24NO2.C13H16NO.2Th/c1-16-12-19(22-18-10-6-3-7-11-18)14-21(13-16)15-23-20(24-21)17-8-4-2-5-9-17;1-10-7-12(9-13(15)8-10)14-11-5-3-2-4-6-11;;/h2-11,16,19-20H,12-15H2,1H3;2-6,10,12H,7-9H2,1H3;;/q2*-1;;/t16-,19-,20?,21+;10-,12-;;/m00../s1. The molecule has 1 spiro atoms. The molecule has 0 radical (unpaired) electrons. The zero-order valence-corrected chi connectivity index (χ0v) is 32.3. The number of para-hydroxylation sites is 2. The topological polar surface area (TPSA) is 63.7 Å². The minimum atomic E-state index is -0.242. The summed E-state index contributed by atoms with van der Waals surface area (Å²) in [5, 5.41) is 9.55. The molecule has 1 unspecified atom stereocenters. The number of hydrogen-bond acceptors (Lipinski definition) is 3. The van der Waals surface area contributed by atoms with Crippen LogP contribution in [0.5, 0.6) is 0 Å². The van der Waals surface area contributed by atoms with Gasteiger partial charge in [0, 0.05) is 91.9 Å². The van der Waals surface area contributed by atoms with E-state index in [4.69, 9.17) is 14.8 Å². The fourth-order valence-electron chi connectivity index (χ4n) is 6.30. The van der Waals surface area contributed by atoms with Gasteiger partial charge in [0.1, 0.15) is 5.78 Å². The van der Waals surface area contributed by atoms with Crippen molar-refractivity contribution in [2.75, 3.05) is 6.61 Å². The predicted molar refractivity (Wildman–Crippen MR) is 156 cm³/mol. The third-order valence-electron chi connectivity index (χ3n) is 7.82. The first kappa shape index (κ1) is 35.0. The second-order valence-corrected chi connectivity index (χ2v) is 11.6. The van der Waals surface area contributed by atoms with Crippen molar-refractivity contribution in [2.45, 2.75) is 76.3 Å². The van der Waals surface area contributed by atoms with E-state index < -0.39 is 0 Å². The molecule has 2 saturated carbocycles. The summed E-state index contributed by atoms with van der Waals surface area (Å²) in [6.07, 6.45) is 5.28. The smallest absolute Gasteiger partial charge is 0.184 e. The van der Waals surface area contributed by atoms with Crippen molar-refractivity contribution >= 4 is 17.2 Å². The number of rotatable bonds is 5. The molecule has 0 N–H and O–H groups in total. The van der Waals surface area contributed by atoms with Crippen molar-refractivity contribution < 1.29 is 94.1 Å². The molecule has 7 heteroatoms.